The van der Waals surface area contributed by atoms with E-state index in [1.807, 2.05) is 13.1 Å². The van der Waals surface area contributed by atoms with Crippen molar-refractivity contribution in [3.63, 3.8) is 0 Å². The Kier molecular flexibility index (Phi) is 8.46. The van der Waals surface area contributed by atoms with E-state index < -0.39 is 29.2 Å². The number of aromatic nitrogens is 1. The van der Waals surface area contributed by atoms with Crippen molar-refractivity contribution in [1.82, 2.24) is 15.2 Å². The number of nitrogens with one attached hydrogen (secondary N) is 1. The predicted octanol–water partition coefficient (Wildman–Crippen LogP) is 5.71. The number of alkyl carbamates (subject to hydrolysis) is 1. The number of alkyl halides is 3. The number of ether oxygens (including phenoxy) is 2. The van der Waals surface area contributed by atoms with Crippen molar-refractivity contribution >= 4 is 11.8 Å². The van der Waals surface area contributed by atoms with Crippen LogP contribution in [-0.2, 0) is 16.5 Å². The Bertz CT molecular complexity index is 1530. The first-order chi connectivity index (χ1) is 20.5. The third-order valence-corrected chi connectivity index (χ3v) is 8.12. The van der Waals surface area contributed by atoms with E-state index in [0.29, 0.717) is 35.5 Å². The number of benzene rings is 2. The molecule has 0 bridgehead atoms. The van der Waals surface area contributed by atoms with Gasteiger partial charge in [0.15, 0.2) is 0 Å². The van der Waals surface area contributed by atoms with E-state index in [9.17, 15) is 23.2 Å². The van der Waals surface area contributed by atoms with Gasteiger partial charge in [-0.3, -0.25) is 4.98 Å². The Hall–Kier alpha value is -4.37. The van der Waals surface area contributed by atoms with Crippen LogP contribution in [0.15, 0.2) is 54.7 Å². The van der Waals surface area contributed by atoms with Crippen molar-refractivity contribution in [2.75, 3.05) is 45.2 Å². The number of hydrogen-bond acceptors (Lipinski definition) is 7. The number of amides is 1. The maximum atomic E-state index is 15.7. The third kappa shape index (κ3) is 6.37. The Balaban J connectivity index is 1.44. The number of para-hydroxylation sites is 1. The van der Waals surface area contributed by atoms with E-state index in [2.05, 4.69) is 15.2 Å². The summed E-state index contributed by atoms with van der Waals surface area (Å²) in [5.41, 5.74) is -0.736. The summed E-state index contributed by atoms with van der Waals surface area (Å²) in [4.78, 5) is 21.4. The van der Waals surface area contributed by atoms with Gasteiger partial charge in [-0.25, -0.2) is 9.18 Å². The summed E-state index contributed by atoms with van der Waals surface area (Å²) in [5.74, 6) is -0.149. The van der Waals surface area contributed by atoms with Crippen LogP contribution >= 0.6 is 0 Å². The molecular formula is C31H31F4N5O3. The number of likely N-dealkylation sites (N-methyl/N-ethyl adjacent to an activating group) is 1. The Morgan fingerprint density at radius 1 is 1.14 bits per heavy atom. The summed E-state index contributed by atoms with van der Waals surface area (Å²) in [6.07, 6.45) is -2.78. The molecule has 12 heteroatoms. The Morgan fingerprint density at radius 2 is 1.88 bits per heavy atom. The number of nitriles is 1. The number of pyridine rings is 1. The summed E-state index contributed by atoms with van der Waals surface area (Å²) < 4.78 is 66.5. The van der Waals surface area contributed by atoms with Crippen LogP contribution in [0, 0.1) is 17.1 Å². The quantitative estimate of drug-likeness (QED) is 0.364. The number of piperidine rings is 1. The minimum atomic E-state index is -4.58. The maximum absolute atomic E-state index is 15.7. The molecule has 0 aliphatic carbocycles. The lowest BCUT2D eigenvalue weighted by molar-refractivity contribution is -0.137. The highest BCUT2D eigenvalue weighted by molar-refractivity contribution is 5.70. The molecule has 1 amide bonds. The third-order valence-electron chi connectivity index (χ3n) is 8.12. The number of carbonyl (C=O) groups excluding carboxylic acids is 1. The number of methoxy groups -OCH3 is 1. The van der Waals surface area contributed by atoms with Gasteiger partial charge in [-0.2, -0.15) is 18.4 Å². The fourth-order valence-corrected chi connectivity index (χ4v) is 5.80. The molecule has 1 N–H and O–H groups in total. The minimum Gasteiger partial charge on any atom is -0.496 e. The van der Waals surface area contributed by atoms with Crippen molar-refractivity contribution in [1.29, 1.82) is 5.26 Å². The second-order valence-electron chi connectivity index (χ2n) is 10.9. The molecule has 2 fully saturated rings. The van der Waals surface area contributed by atoms with E-state index >= 15 is 4.39 Å². The second kappa shape index (κ2) is 12.1. The monoisotopic (exact) mass is 597 g/mol. The predicted molar refractivity (Wildman–Crippen MR) is 151 cm³/mol. The fourth-order valence-electron chi connectivity index (χ4n) is 5.80. The first kappa shape index (κ1) is 30.1. The highest BCUT2D eigenvalue weighted by atomic mass is 19.4. The van der Waals surface area contributed by atoms with Crippen LogP contribution in [0.25, 0.3) is 11.3 Å². The van der Waals surface area contributed by atoms with Crippen LogP contribution in [0.4, 0.5) is 28.0 Å². The molecule has 3 heterocycles. The standard InChI is InChI=1S/C31H31F4N5O3/c1-39-12-9-23(19-39)43-29(41)38-30(22-16-25(32)28(37-18-22)24-5-3-4-6-27(24)42-2)10-13-40(14-11-30)26-8-7-21(31(33,34)35)15-20(26)17-36/h3-8,15-16,18,23H,9-14,19H2,1-2H3,(H,38,41)/t23-/m1/s1. The number of halogens is 4. The van der Waals surface area contributed by atoms with Gasteiger partial charge in [-0.05, 0) is 68.3 Å². The van der Waals surface area contributed by atoms with E-state index in [1.54, 1.807) is 29.2 Å². The molecule has 2 saturated heterocycles. The lowest BCUT2D eigenvalue weighted by atomic mass is 9.81. The van der Waals surface area contributed by atoms with E-state index in [1.165, 1.54) is 25.4 Å². The average molecular weight is 598 g/mol. The molecule has 0 unspecified atom stereocenters. The second-order valence-corrected chi connectivity index (χ2v) is 10.9. The maximum Gasteiger partial charge on any atom is 0.416 e. The van der Waals surface area contributed by atoms with Crippen LogP contribution in [0.3, 0.4) is 0 Å². The van der Waals surface area contributed by atoms with Gasteiger partial charge in [0.1, 0.15) is 29.4 Å². The summed E-state index contributed by atoms with van der Waals surface area (Å²) in [6, 6.07) is 13.2. The largest absolute Gasteiger partial charge is 0.496 e. The van der Waals surface area contributed by atoms with Crippen LogP contribution < -0.4 is 15.0 Å². The first-order valence-electron chi connectivity index (χ1n) is 13.9. The topological polar surface area (TPSA) is 90.7 Å². The molecule has 0 saturated carbocycles. The van der Waals surface area contributed by atoms with Crippen molar-refractivity contribution in [2.24, 2.45) is 0 Å². The van der Waals surface area contributed by atoms with Crippen LogP contribution in [0.5, 0.6) is 5.75 Å². The summed E-state index contributed by atoms with van der Waals surface area (Å²) in [7, 11) is 3.42. The molecule has 1 atom stereocenters. The van der Waals surface area contributed by atoms with Gasteiger partial charge < -0.3 is 24.6 Å². The number of hydrogen-bond donors (Lipinski definition) is 1. The molecule has 1 aromatic heterocycles. The zero-order valence-electron chi connectivity index (χ0n) is 23.7. The van der Waals surface area contributed by atoms with Gasteiger partial charge in [0, 0.05) is 37.9 Å². The average Bonchev–Trinajstić information content (AvgIpc) is 3.40. The van der Waals surface area contributed by atoms with Gasteiger partial charge >= 0.3 is 12.3 Å². The van der Waals surface area contributed by atoms with Crippen molar-refractivity contribution in [2.45, 2.75) is 37.1 Å². The molecule has 5 rings (SSSR count). The van der Waals surface area contributed by atoms with Gasteiger partial charge in [-0.1, -0.05) is 12.1 Å². The highest BCUT2D eigenvalue weighted by Crippen LogP contribution is 2.39. The molecule has 2 aliphatic rings. The van der Waals surface area contributed by atoms with Crippen molar-refractivity contribution < 1.29 is 31.8 Å². The summed E-state index contributed by atoms with van der Waals surface area (Å²) in [6.45, 7) is 1.93. The van der Waals surface area contributed by atoms with Gasteiger partial charge in [-0.15, -0.1) is 0 Å². The normalized spacial score (nSPS) is 18.6. The van der Waals surface area contributed by atoms with Crippen LogP contribution in [-0.4, -0.2) is 62.4 Å². The molecule has 3 aromatic rings. The molecule has 2 aliphatic heterocycles. The SMILES string of the molecule is COc1ccccc1-c1ncc(C2(NC(=O)O[C@@H]3CCN(C)C3)CCN(c3ccc(C(F)(F)F)cc3C#N)CC2)cc1F. The van der Waals surface area contributed by atoms with Gasteiger partial charge in [0.2, 0.25) is 0 Å². The van der Waals surface area contributed by atoms with Gasteiger partial charge in [0.25, 0.3) is 0 Å². The number of carbonyl (C=O) groups is 1. The summed E-state index contributed by atoms with van der Waals surface area (Å²) >= 11 is 0. The van der Waals surface area contributed by atoms with E-state index in [4.69, 9.17) is 9.47 Å². The number of anilines is 1. The zero-order chi connectivity index (χ0) is 30.8. The zero-order valence-corrected chi connectivity index (χ0v) is 23.7. The highest BCUT2D eigenvalue weighted by Gasteiger charge is 2.41. The number of rotatable bonds is 6. The smallest absolute Gasteiger partial charge is 0.416 e. The fraction of sp³-hybridized carbons (Fsp3) is 0.387. The molecule has 226 valence electrons. The van der Waals surface area contributed by atoms with Crippen LogP contribution in [0.2, 0.25) is 0 Å². The number of likely N-dealkylation sites (tertiary alicyclic amines) is 1. The van der Waals surface area contributed by atoms with Crippen molar-refractivity contribution in [3.8, 4) is 23.1 Å². The van der Waals surface area contributed by atoms with Crippen molar-refractivity contribution in [3.05, 3.63) is 77.2 Å². The molecule has 43 heavy (non-hydrogen) atoms. The molecular weight excluding hydrogens is 566 g/mol. The number of nitrogens with zero attached hydrogens (tertiary/aromatic N) is 4. The molecule has 0 radical (unpaired) electrons. The lowest BCUT2D eigenvalue weighted by Gasteiger charge is -2.43. The molecule has 0 spiro atoms. The molecule has 8 nitrogen and oxygen atoms in total. The van der Waals surface area contributed by atoms with Crippen LogP contribution in [0.1, 0.15) is 36.0 Å². The summed E-state index contributed by atoms with van der Waals surface area (Å²) in [5, 5.41) is 12.6. The van der Waals surface area contributed by atoms with E-state index in [0.717, 1.165) is 18.7 Å². The molecule has 2 aromatic carbocycles. The van der Waals surface area contributed by atoms with E-state index in [-0.39, 0.29) is 43.3 Å². The Labute approximate surface area is 246 Å². The lowest BCUT2D eigenvalue weighted by Crippen LogP contribution is -2.54. The minimum absolute atomic E-state index is 0.0915. The Morgan fingerprint density at radius 3 is 2.51 bits per heavy atom. The van der Waals surface area contributed by atoms with Gasteiger partial charge in [0.05, 0.1) is 29.5 Å². The first-order valence-corrected chi connectivity index (χ1v) is 13.9.